The molecule has 0 radical (unpaired) electrons. The Kier molecular flexibility index (Phi) is 11.9. The molecule has 7 N–H and O–H groups in total. The summed E-state index contributed by atoms with van der Waals surface area (Å²) in [7, 11) is 0. The summed E-state index contributed by atoms with van der Waals surface area (Å²) >= 11 is 0. The normalized spacial score (nSPS) is 14.4. The average Bonchev–Trinajstić information content (AvgIpc) is 3.35. The van der Waals surface area contributed by atoms with E-state index in [1.807, 2.05) is 58.0 Å². The molecule has 0 aliphatic rings. The lowest BCUT2D eigenvalue weighted by molar-refractivity contribution is -0.142. The first-order valence-electron chi connectivity index (χ1n) is 12.9. The maximum atomic E-state index is 13.4. The topological polar surface area (TPSA) is 179 Å². The number of H-pyrrole nitrogens is 1. The van der Waals surface area contributed by atoms with Crippen LogP contribution >= 0.6 is 0 Å². The first-order valence-corrected chi connectivity index (χ1v) is 12.9. The standard InChI is InChI=1S/C27H40N6O5/c1-16(2)10-20(28)24(34)31-21(11-17(3)4)25(35)32-22(12-18-8-6-5-7-9-18)26(36)33-23(27(37)38)13-19-14-29-15-30-19/h5-9,14-17,20-23H,10-13,28H2,1-4H3,(H,29,30)(H,31,34)(H,32,35)(H,33,36)(H,37,38). The van der Waals surface area contributed by atoms with Gasteiger partial charge in [0.25, 0.3) is 0 Å². The third-order valence-electron chi connectivity index (χ3n) is 5.91. The summed E-state index contributed by atoms with van der Waals surface area (Å²) in [6.07, 6.45) is 3.83. The number of hydrogen-bond acceptors (Lipinski definition) is 6. The fourth-order valence-electron chi connectivity index (χ4n) is 4.02. The highest BCUT2D eigenvalue weighted by molar-refractivity contribution is 5.94. The monoisotopic (exact) mass is 528 g/mol. The first kappa shape index (κ1) is 30.5. The zero-order valence-electron chi connectivity index (χ0n) is 22.4. The average molecular weight is 529 g/mol. The SMILES string of the molecule is CC(C)CC(N)C(=O)NC(CC(C)C)C(=O)NC(Cc1ccccc1)C(=O)NC(Cc1cnc[nH]1)C(=O)O. The van der Waals surface area contributed by atoms with Crippen LogP contribution in [0.2, 0.25) is 0 Å². The largest absolute Gasteiger partial charge is 0.480 e. The number of aliphatic carboxylic acids is 1. The molecule has 0 aliphatic carbocycles. The molecule has 0 saturated heterocycles. The number of aromatic amines is 1. The second kappa shape index (κ2) is 14.9. The number of carbonyl (C=O) groups is 4. The summed E-state index contributed by atoms with van der Waals surface area (Å²) in [5.74, 6) is -2.58. The van der Waals surface area contributed by atoms with Crippen LogP contribution < -0.4 is 21.7 Å². The third kappa shape index (κ3) is 10.3. The van der Waals surface area contributed by atoms with Crippen LogP contribution in [0.25, 0.3) is 0 Å². The van der Waals surface area contributed by atoms with Crippen molar-refractivity contribution in [3.8, 4) is 0 Å². The van der Waals surface area contributed by atoms with Gasteiger partial charge in [-0.25, -0.2) is 9.78 Å². The molecule has 1 aromatic carbocycles. The number of imidazole rings is 1. The molecule has 38 heavy (non-hydrogen) atoms. The smallest absolute Gasteiger partial charge is 0.326 e. The number of carboxylic acids is 1. The molecule has 208 valence electrons. The molecule has 11 heteroatoms. The number of rotatable bonds is 15. The molecule has 0 spiro atoms. The van der Waals surface area contributed by atoms with E-state index in [9.17, 15) is 24.3 Å². The molecule has 0 saturated carbocycles. The molecule has 11 nitrogen and oxygen atoms in total. The van der Waals surface area contributed by atoms with Crippen LogP contribution in [0.5, 0.6) is 0 Å². The molecule has 1 heterocycles. The quantitative estimate of drug-likeness (QED) is 0.201. The number of hydrogen-bond donors (Lipinski definition) is 6. The number of nitrogens with zero attached hydrogens (tertiary/aromatic N) is 1. The van der Waals surface area contributed by atoms with E-state index in [0.717, 1.165) is 5.56 Å². The Labute approximate surface area is 223 Å². The van der Waals surface area contributed by atoms with Gasteiger partial charge in [0, 0.05) is 24.7 Å². The zero-order chi connectivity index (χ0) is 28.2. The van der Waals surface area contributed by atoms with Gasteiger partial charge in [-0.2, -0.15) is 0 Å². The fourth-order valence-corrected chi connectivity index (χ4v) is 4.02. The van der Waals surface area contributed by atoms with Crippen LogP contribution in [0.3, 0.4) is 0 Å². The zero-order valence-corrected chi connectivity index (χ0v) is 22.4. The number of carbonyl (C=O) groups excluding carboxylic acids is 3. The van der Waals surface area contributed by atoms with Gasteiger partial charge in [-0.15, -0.1) is 0 Å². The first-order chi connectivity index (χ1) is 18.0. The Morgan fingerprint density at radius 1 is 0.842 bits per heavy atom. The number of nitrogens with one attached hydrogen (secondary N) is 4. The van der Waals surface area contributed by atoms with E-state index in [1.165, 1.54) is 12.5 Å². The number of amides is 3. The van der Waals surface area contributed by atoms with Crippen molar-refractivity contribution in [2.75, 3.05) is 0 Å². The molecule has 4 atom stereocenters. The van der Waals surface area contributed by atoms with Gasteiger partial charge in [-0.05, 0) is 30.2 Å². The highest BCUT2D eigenvalue weighted by Crippen LogP contribution is 2.10. The van der Waals surface area contributed by atoms with Gasteiger partial charge in [0.2, 0.25) is 17.7 Å². The second-order valence-electron chi connectivity index (χ2n) is 10.4. The van der Waals surface area contributed by atoms with Crippen LogP contribution in [0.1, 0.15) is 51.8 Å². The highest BCUT2D eigenvalue weighted by atomic mass is 16.4. The fraction of sp³-hybridized carbons (Fsp3) is 0.519. The van der Waals surface area contributed by atoms with Gasteiger partial charge in [0.05, 0.1) is 12.4 Å². The van der Waals surface area contributed by atoms with Crippen LogP contribution in [0.15, 0.2) is 42.9 Å². The molecule has 0 bridgehead atoms. The Hall–Kier alpha value is -3.73. The lowest BCUT2D eigenvalue weighted by Gasteiger charge is -2.26. The Balaban J connectivity index is 2.22. The van der Waals surface area contributed by atoms with E-state index in [1.54, 1.807) is 0 Å². The molecule has 0 aliphatic heterocycles. The van der Waals surface area contributed by atoms with Gasteiger partial charge in [-0.3, -0.25) is 14.4 Å². The minimum Gasteiger partial charge on any atom is -0.480 e. The summed E-state index contributed by atoms with van der Waals surface area (Å²) < 4.78 is 0. The summed E-state index contributed by atoms with van der Waals surface area (Å²) in [5.41, 5.74) is 7.33. The van der Waals surface area contributed by atoms with Crippen molar-refractivity contribution in [1.82, 2.24) is 25.9 Å². The van der Waals surface area contributed by atoms with Crippen LogP contribution in [-0.4, -0.2) is 62.9 Å². The van der Waals surface area contributed by atoms with Crippen molar-refractivity contribution in [3.05, 3.63) is 54.1 Å². The second-order valence-corrected chi connectivity index (χ2v) is 10.4. The van der Waals surface area contributed by atoms with E-state index in [-0.39, 0.29) is 24.7 Å². The van der Waals surface area contributed by atoms with E-state index in [4.69, 9.17) is 5.73 Å². The Morgan fingerprint density at radius 2 is 1.42 bits per heavy atom. The molecule has 1 aromatic heterocycles. The lowest BCUT2D eigenvalue weighted by Crippen LogP contribution is -2.58. The minimum atomic E-state index is -1.24. The van der Waals surface area contributed by atoms with Crippen molar-refractivity contribution >= 4 is 23.7 Å². The molecule has 2 aromatic rings. The van der Waals surface area contributed by atoms with Gasteiger partial charge < -0.3 is 31.8 Å². The van der Waals surface area contributed by atoms with Crippen LogP contribution in [0, 0.1) is 11.8 Å². The minimum absolute atomic E-state index is 0.00710. The van der Waals surface area contributed by atoms with Crippen molar-refractivity contribution in [1.29, 1.82) is 0 Å². The number of benzene rings is 1. The molecule has 0 fully saturated rings. The van der Waals surface area contributed by atoms with E-state index in [0.29, 0.717) is 18.5 Å². The van der Waals surface area contributed by atoms with Gasteiger partial charge in [0.15, 0.2) is 0 Å². The van der Waals surface area contributed by atoms with E-state index < -0.39 is 47.9 Å². The van der Waals surface area contributed by atoms with E-state index >= 15 is 0 Å². The Bertz CT molecular complexity index is 1040. The summed E-state index contributed by atoms with van der Waals surface area (Å²) in [4.78, 5) is 57.9. The molecular formula is C27H40N6O5. The van der Waals surface area contributed by atoms with Crippen LogP contribution in [-0.2, 0) is 32.0 Å². The number of aromatic nitrogens is 2. The molecule has 4 unspecified atom stereocenters. The van der Waals surface area contributed by atoms with Crippen molar-refractivity contribution in [2.45, 2.75) is 77.5 Å². The molecule has 3 amide bonds. The summed E-state index contributed by atoms with van der Waals surface area (Å²) in [5, 5.41) is 17.7. The predicted molar refractivity (Wildman–Crippen MR) is 143 cm³/mol. The maximum absolute atomic E-state index is 13.4. The predicted octanol–water partition coefficient (Wildman–Crippen LogP) is 1.15. The number of nitrogens with two attached hydrogens (primary N) is 1. The van der Waals surface area contributed by atoms with E-state index in [2.05, 4.69) is 25.9 Å². The molecular weight excluding hydrogens is 488 g/mol. The third-order valence-corrected chi connectivity index (χ3v) is 5.91. The van der Waals surface area contributed by atoms with Gasteiger partial charge >= 0.3 is 5.97 Å². The highest BCUT2D eigenvalue weighted by Gasteiger charge is 2.31. The van der Waals surface area contributed by atoms with Gasteiger partial charge in [-0.1, -0.05) is 58.0 Å². The molecule has 2 rings (SSSR count). The summed E-state index contributed by atoms with van der Waals surface area (Å²) in [6.45, 7) is 7.74. The lowest BCUT2D eigenvalue weighted by atomic mass is 9.99. The number of carboxylic acid groups (broad SMARTS) is 1. The Morgan fingerprint density at radius 3 is 1.97 bits per heavy atom. The van der Waals surface area contributed by atoms with Crippen molar-refractivity contribution in [2.24, 2.45) is 17.6 Å². The maximum Gasteiger partial charge on any atom is 0.326 e. The van der Waals surface area contributed by atoms with Crippen molar-refractivity contribution < 1.29 is 24.3 Å². The van der Waals surface area contributed by atoms with Gasteiger partial charge in [0.1, 0.15) is 18.1 Å². The summed E-state index contributed by atoms with van der Waals surface area (Å²) in [6, 6.07) is 5.07. The van der Waals surface area contributed by atoms with Crippen LogP contribution in [0.4, 0.5) is 0 Å². The van der Waals surface area contributed by atoms with Crippen molar-refractivity contribution in [3.63, 3.8) is 0 Å².